The maximum Gasteiger partial charge on any atom is 1.00 e. The third kappa shape index (κ3) is 10.1. The van der Waals surface area contributed by atoms with Gasteiger partial charge in [0.05, 0.1) is 0 Å². The third-order valence-corrected chi connectivity index (χ3v) is 0.567. The SMILES string of the molecule is [K+].[NH-]CCCC(=O)O. The van der Waals surface area contributed by atoms with Crippen LogP contribution in [0.1, 0.15) is 12.8 Å². The first-order chi connectivity index (χ1) is 3.27. The van der Waals surface area contributed by atoms with Crippen LogP contribution in [-0.2, 0) is 4.79 Å². The Morgan fingerprint density at radius 3 is 2.25 bits per heavy atom. The maximum absolute atomic E-state index is 9.67. The molecule has 8 heavy (non-hydrogen) atoms. The molecule has 0 aliphatic carbocycles. The molecular weight excluding hydrogens is 133 g/mol. The first-order valence-corrected chi connectivity index (χ1v) is 2.13. The summed E-state index contributed by atoms with van der Waals surface area (Å²) in [6.07, 6.45) is 0.596. The molecule has 0 aromatic rings. The van der Waals surface area contributed by atoms with Crippen molar-refractivity contribution >= 4 is 5.97 Å². The van der Waals surface area contributed by atoms with Crippen LogP contribution in [0.15, 0.2) is 0 Å². The molecule has 0 atom stereocenters. The summed E-state index contributed by atoms with van der Waals surface area (Å²) in [7, 11) is 0. The molecule has 0 spiro atoms. The number of hydrogen-bond acceptors (Lipinski definition) is 1. The fourth-order valence-corrected chi connectivity index (χ4v) is 0.240. The second-order valence-corrected chi connectivity index (χ2v) is 1.25. The molecule has 0 aromatic carbocycles. The maximum atomic E-state index is 9.67. The Morgan fingerprint density at radius 1 is 1.62 bits per heavy atom. The van der Waals surface area contributed by atoms with E-state index in [-0.39, 0.29) is 64.4 Å². The van der Waals surface area contributed by atoms with Gasteiger partial charge >= 0.3 is 57.4 Å². The first-order valence-electron chi connectivity index (χ1n) is 2.13. The summed E-state index contributed by atoms with van der Waals surface area (Å²) in [5.74, 6) is -0.813. The summed E-state index contributed by atoms with van der Waals surface area (Å²) in [4.78, 5) is 9.67. The van der Waals surface area contributed by atoms with E-state index in [0.29, 0.717) is 6.42 Å². The largest absolute Gasteiger partial charge is 1.00 e. The monoisotopic (exact) mass is 141 g/mol. The Labute approximate surface area is 91.1 Å². The van der Waals surface area contributed by atoms with Crippen LogP contribution in [0.2, 0.25) is 0 Å². The molecule has 4 heteroatoms. The Bertz CT molecular complexity index is 67.1. The number of rotatable bonds is 3. The fraction of sp³-hybridized carbons (Fsp3) is 0.750. The van der Waals surface area contributed by atoms with E-state index >= 15 is 0 Å². The van der Waals surface area contributed by atoms with E-state index in [1.165, 1.54) is 0 Å². The van der Waals surface area contributed by atoms with Crippen LogP contribution in [0, 0.1) is 0 Å². The molecule has 3 nitrogen and oxygen atoms in total. The van der Waals surface area contributed by atoms with E-state index in [1.54, 1.807) is 0 Å². The van der Waals surface area contributed by atoms with E-state index in [4.69, 9.17) is 10.8 Å². The second-order valence-electron chi connectivity index (χ2n) is 1.25. The third-order valence-electron chi connectivity index (χ3n) is 0.567. The Balaban J connectivity index is 0. The zero-order valence-corrected chi connectivity index (χ0v) is 8.10. The summed E-state index contributed by atoms with van der Waals surface area (Å²) in [6.45, 7) is 0.215. The van der Waals surface area contributed by atoms with Crippen molar-refractivity contribution in [3.63, 3.8) is 0 Å². The van der Waals surface area contributed by atoms with Crippen LogP contribution in [0.3, 0.4) is 0 Å². The molecule has 0 saturated carbocycles. The molecule has 0 rings (SSSR count). The van der Waals surface area contributed by atoms with Crippen LogP contribution >= 0.6 is 0 Å². The van der Waals surface area contributed by atoms with Crippen molar-refractivity contribution < 1.29 is 61.3 Å². The number of carbonyl (C=O) groups is 1. The van der Waals surface area contributed by atoms with Crippen molar-refractivity contribution in [3.8, 4) is 0 Å². The van der Waals surface area contributed by atoms with Gasteiger partial charge in [0.15, 0.2) is 0 Å². The average molecular weight is 141 g/mol. The van der Waals surface area contributed by atoms with Gasteiger partial charge in [-0.3, -0.25) is 4.79 Å². The summed E-state index contributed by atoms with van der Waals surface area (Å²) in [5, 5.41) is 7.96. The topological polar surface area (TPSA) is 61.1 Å². The van der Waals surface area contributed by atoms with Crippen molar-refractivity contribution in [3.05, 3.63) is 5.73 Å². The van der Waals surface area contributed by atoms with Crippen LogP contribution < -0.4 is 51.4 Å². The number of carboxylic acids is 1. The summed E-state index contributed by atoms with van der Waals surface area (Å²) >= 11 is 0. The quantitative estimate of drug-likeness (QED) is 0.458. The fourth-order valence-electron chi connectivity index (χ4n) is 0.240. The van der Waals surface area contributed by atoms with Crippen molar-refractivity contribution in [2.45, 2.75) is 12.8 Å². The molecule has 0 heterocycles. The minimum Gasteiger partial charge on any atom is -0.677 e. The van der Waals surface area contributed by atoms with Gasteiger partial charge in [0.2, 0.25) is 0 Å². The molecule has 0 bridgehead atoms. The van der Waals surface area contributed by atoms with Crippen LogP contribution in [0.4, 0.5) is 0 Å². The molecule has 0 aliphatic heterocycles. The van der Waals surface area contributed by atoms with E-state index in [9.17, 15) is 4.79 Å². The predicted octanol–water partition coefficient (Wildman–Crippen LogP) is -2.09. The van der Waals surface area contributed by atoms with Gasteiger partial charge in [-0.1, -0.05) is 6.42 Å². The number of aliphatic carboxylic acids is 1. The van der Waals surface area contributed by atoms with E-state index in [2.05, 4.69) is 0 Å². The smallest absolute Gasteiger partial charge is 0.677 e. The Morgan fingerprint density at radius 2 is 2.12 bits per heavy atom. The minimum absolute atomic E-state index is 0. The van der Waals surface area contributed by atoms with Gasteiger partial charge in [-0.25, -0.2) is 0 Å². The summed E-state index contributed by atoms with van der Waals surface area (Å²) in [6, 6.07) is 0. The molecule has 0 amide bonds. The van der Waals surface area contributed by atoms with Gasteiger partial charge in [0.1, 0.15) is 0 Å². The Kier molecular flexibility index (Phi) is 11.9. The molecule has 0 aliphatic rings. The van der Waals surface area contributed by atoms with Gasteiger partial charge < -0.3 is 10.8 Å². The first kappa shape index (κ1) is 11.8. The van der Waals surface area contributed by atoms with Crippen LogP contribution in [-0.4, -0.2) is 17.6 Å². The van der Waals surface area contributed by atoms with Crippen molar-refractivity contribution in [2.75, 3.05) is 6.54 Å². The van der Waals surface area contributed by atoms with E-state index < -0.39 is 5.97 Å². The average Bonchev–Trinajstić information content (AvgIpc) is 1.61. The van der Waals surface area contributed by atoms with Gasteiger partial charge in [0, 0.05) is 6.42 Å². The van der Waals surface area contributed by atoms with Gasteiger partial charge in [0.25, 0.3) is 0 Å². The van der Waals surface area contributed by atoms with Crippen molar-refractivity contribution in [1.29, 1.82) is 0 Å². The minimum atomic E-state index is -0.813. The van der Waals surface area contributed by atoms with Gasteiger partial charge in [-0.05, 0) is 0 Å². The summed E-state index contributed by atoms with van der Waals surface area (Å²) < 4.78 is 0. The van der Waals surface area contributed by atoms with Crippen LogP contribution in [0.5, 0.6) is 0 Å². The molecular formula is C4H8KNO2. The number of nitrogens with one attached hydrogen (secondary N) is 1. The van der Waals surface area contributed by atoms with E-state index in [0.717, 1.165) is 0 Å². The zero-order chi connectivity index (χ0) is 5.70. The standard InChI is InChI=1S/C4H8NO2.K/c5-3-1-2-4(6)7;/h5H,1-3H2,(H,6,7);/q-1;+1. The van der Waals surface area contributed by atoms with Gasteiger partial charge in [-0.2, -0.15) is 6.54 Å². The molecule has 0 fully saturated rings. The molecule has 2 N–H and O–H groups in total. The molecule has 0 unspecified atom stereocenters. The van der Waals surface area contributed by atoms with Crippen molar-refractivity contribution in [2.24, 2.45) is 0 Å². The molecule has 0 saturated heterocycles. The number of hydrogen-bond donors (Lipinski definition) is 1. The van der Waals surface area contributed by atoms with Gasteiger partial charge in [-0.15, -0.1) is 0 Å². The molecule has 0 aromatic heterocycles. The van der Waals surface area contributed by atoms with E-state index in [1.807, 2.05) is 0 Å². The predicted molar refractivity (Wildman–Crippen MR) is 26.1 cm³/mol. The Hall–Kier alpha value is 1.07. The van der Waals surface area contributed by atoms with Crippen LogP contribution in [0.25, 0.3) is 5.73 Å². The molecule has 0 radical (unpaired) electrons. The number of carboxylic acid groups (broad SMARTS) is 1. The summed E-state index contributed by atoms with van der Waals surface area (Å²) in [5.41, 5.74) is 6.53. The second kappa shape index (κ2) is 8.07. The van der Waals surface area contributed by atoms with Crippen molar-refractivity contribution in [1.82, 2.24) is 0 Å². The molecule has 42 valence electrons. The zero-order valence-electron chi connectivity index (χ0n) is 4.98. The normalized spacial score (nSPS) is 7.62.